The molecule has 1 saturated carbocycles. The lowest BCUT2D eigenvalue weighted by molar-refractivity contribution is 0.185. The Balaban J connectivity index is 1.63. The van der Waals surface area contributed by atoms with Crippen LogP contribution in [0.15, 0.2) is 64.4 Å². The van der Waals surface area contributed by atoms with E-state index >= 15 is 0 Å². The summed E-state index contributed by atoms with van der Waals surface area (Å²) in [5, 5.41) is 0. The van der Waals surface area contributed by atoms with Gasteiger partial charge >= 0.3 is 0 Å². The van der Waals surface area contributed by atoms with Crippen molar-refractivity contribution in [2.24, 2.45) is 11.8 Å². The van der Waals surface area contributed by atoms with E-state index in [1.54, 1.807) is 4.31 Å². The summed E-state index contributed by atoms with van der Waals surface area (Å²) in [5.41, 5.74) is 0.947. The molecule has 2 aromatic carbocycles. The molecule has 1 heterocycles. The van der Waals surface area contributed by atoms with Crippen molar-refractivity contribution in [1.29, 1.82) is 0 Å². The molecule has 4 rings (SSSR count). The van der Waals surface area contributed by atoms with E-state index in [1.807, 2.05) is 30.3 Å². The van der Waals surface area contributed by atoms with Crippen molar-refractivity contribution in [1.82, 2.24) is 8.61 Å². The first-order valence-electron chi connectivity index (χ1n) is 12.4. The van der Waals surface area contributed by atoms with Gasteiger partial charge in [-0.25, -0.2) is 16.8 Å². The molecule has 6 nitrogen and oxygen atoms in total. The van der Waals surface area contributed by atoms with Crippen LogP contribution in [0.25, 0.3) is 0 Å². The van der Waals surface area contributed by atoms with Crippen molar-refractivity contribution < 1.29 is 16.8 Å². The Kier molecular flexibility index (Phi) is 7.82. The quantitative estimate of drug-likeness (QED) is 0.539. The van der Waals surface area contributed by atoms with Crippen molar-refractivity contribution in [3.8, 4) is 0 Å². The maximum Gasteiger partial charge on any atom is 0.243 e. The molecule has 2 aliphatic rings. The largest absolute Gasteiger partial charge is 0.243 e. The van der Waals surface area contributed by atoms with Crippen LogP contribution >= 0.6 is 0 Å². The molecule has 0 unspecified atom stereocenters. The molecule has 0 N–H and O–H groups in total. The smallest absolute Gasteiger partial charge is 0.207 e. The fourth-order valence-electron chi connectivity index (χ4n) is 5.30. The molecule has 3 atom stereocenters. The maximum atomic E-state index is 13.9. The van der Waals surface area contributed by atoms with Crippen molar-refractivity contribution >= 4 is 20.0 Å². The number of rotatable bonds is 7. The highest BCUT2D eigenvalue weighted by atomic mass is 32.2. The van der Waals surface area contributed by atoms with Gasteiger partial charge in [0.15, 0.2) is 0 Å². The van der Waals surface area contributed by atoms with Gasteiger partial charge in [-0.2, -0.15) is 8.61 Å². The number of hydrogen-bond acceptors (Lipinski definition) is 4. The molecule has 1 aliphatic carbocycles. The molecule has 0 spiro atoms. The topological polar surface area (TPSA) is 74.8 Å². The monoisotopic (exact) mass is 504 g/mol. The first-order valence-corrected chi connectivity index (χ1v) is 15.2. The summed E-state index contributed by atoms with van der Waals surface area (Å²) >= 11 is 0. The van der Waals surface area contributed by atoms with Gasteiger partial charge in [-0.05, 0) is 67.3 Å². The van der Waals surface area contributed by atoms with Crippen LogP contribution in [0.3, 0.4) is 0 Å². The number of piperidine rings is 1. The Labute approximate surface area is 205 Å². The molecule has 0 aromatic heterocycles. The van der Waals surface area contributed by atoms with E-state index < -0.39 is 20.0 Å². The van der Waals surface area contributed by atoms with Crippen LogP contribution in [0.2, 0.25) is 0 Å². The molecule has 1 aliphatic heterocycles. The van der Waals surface area contributed by atoms with E-state index in [4.69, 9.17) is 0 Å². The van der Waals surface area contributed by atoms with Crippen molar-refractivity contribution in [3.05, 3.63) is 60.2 Å². The van der Waals surface area contributed by atoms with Crippen molar-refractivity contribution in [2.45, 2.75) is 74.7 Å². The average molecular weight is 505 g/mol. The van der Waals surface area contributed by atoms with Crippen LogP contribution < -0.4 is 0 Å². The van der Waals surface area contributed by atoms with Gasteiger partial charge in [0.05, 0.1) is 9.79 Å². The standard InChI is InChI=1S/C26H36N2O4S2/c1-21-9-8-18-27(19-21)33(29,30)24-14-16-25(17-15-24)34(31,32)28(20-23-11-4-3-5-12-23)26-13-7-6-10-22(26)2/h3-5,11-12,14-17,21-22,26H,6-10,13,18-20H2,1-2H3/t21-,22+,26-/m1/s1. The zero-order valence-electron chi connectivity index (χ0n) is 20.1. The van der Waals surface area contributed by atoms with Crippen LogP contribution in [0, 0.1) is 11.8 Å². The highest BCUT2D eigenvalue weighted by Gasteiger charge is 2.36. The minimum absolute atomic E-state index is 0.0720. The molecular weight excluding hydrogens is 468 g/mol. The normalized spacial score (nSPS) is 24.9. The number of hydrogen-bond donors (Lipinski definition) is 0. The maximum absolute atomic E-state index is 13.9. The molecule has 0 amide bonds. The summed E-state index contributed by atoms with van der Waals surface area (Å²) in [5.74, 6) is 0.597. The van der Waals surface area contributed by atoms with E-state index in [9.17, 15) is 16.8 Å². The number of sulfonamides is 2. The minimum Gasteiger partial charge on any atom is -0.207 e. The molecule has 0 radical (unpaired) electrons. The van der Waals surface area contributed by atoms with Gasteiger partial charge in [-0.3, -0.25) is 0 Å². The summed E-state index contributed by atoms with van der Waals surface area (Å²) in [6.45, 7) is 5.52. The molecule has 2 aromatic rings. The highest BCUT2D eigenvalue weighted by molar-refractivity contribution is 7.89. The average Bonchev–Trinajstić information content (AvgIpc) is 2.84. The molecule has 1 saturated heterocycles. The second-order valence-electron chi connectivity index (χ2n) is 9.95. The zero-order chi connectivity index (χ0) is 24.3. The Hall–Kier alpha value is -1.74. The minimum atomic E-state index is -3.80. The molecule has 186 valence electrons. The highest BCUT2D eigenvalue weighted by Crippen LogP contribution is 2.33. The van der Waals surface area contributed by atoms with Gasteiger partial charge in [0.2, 0.25) is 20.0 Å². The Morgan fingerprint density at radius 3 is 2.12 bits per heavy atom. The first-order chi connectivity index (χ1) is 16.2. The van der Waals surface area contributed by atoms with Crippen LogP contribution in [-0.4, -0.2) is 44.6 Å². The van der Waals surface area contributed by atoms with Gasteiger partial charge in [-0.1, -0.05) is 57.0 Å². The Bertz CT molecular complexity index is 1170. The molecule has 8 heteroatoms. The van der Waals surface area contributed by atoms with Crippen LogP contribution in [-0.2, 0) is 26.6 Å². The van der Waals surface area contributed by atoms with Crippen LogP contribution in [0.5, 0.6) is 0 Å². The Morgan fingerprint density at radius 2 is 1.47 bits per heavy atom. The van der Waals surface area contributed by atoms with Crippen LogP contribution in [0.1, 0.15) is 57.9 Å². The third-order valence-corrected chi connectivity index (χ3v) is 11.1. The second kappa shape index (κ2) is 10.5. The van der Waals surface area contributed by atoms with Crippen LogP contribution in [0.4, 0.5) is 0 Å². The van der Waals surface area contributed by atoms with Gasteiger partial charge in [0.1, 0.15) is 0 Å². The zero-order valence-corrected chi connectivity index (χ0v) is 21.8. The lowest BCUT2D eigenvalue weighted by Gasteiger charge is -2.38. The summed E-state index contributed by atoms with van der Waals surface area (Å²) in [4.78, 5) is 0.299. The van der Waals surface area contributed by atoms with E-state index in [1.165, 1.54) is 28.6 Å². The van der Waals surface area contributed by atoms with Gasteiger partial charge in [-0.15, -0.1) is 0 Å². The fraction of sp³-hybridized carbons (Fsp3) is 0.538. The Morgan fingerprint density at radius 1 is 0.824 bits per heavy atom. The lowest BCUT2D eigenvalue weighted by atomic mass is 9.86. The van der Waals surface area contributed by atoms with Gasteiger partial charge < -0.3 is 0 Å². The number of benzene rings is 2. The number of nitrogens with zero attached hydrogens (tertiary/aromatic N) is 2. The van der Waals surface area contributed by atoms with E-state index in [-0.39, 0.29) is 21.8 Å². The van der Waals surface area contributed by atoms with Crippen molar-refractivity contribution in [2.75, 3.05) is 13.1 Å². The van der Waals surface area contributed by atoms with E-state index in [2.05, 4.69) is 13.8 Å². The fourth-order valence-corrected chi connectivity index (χ4v) is 8.64. The first kappa shape index (κ1) is 25.4. The summed E-state index contributed by atoms with van der Waals surface area (Å²) in [6, 6.07) is 15.4. The summed E-state index contributed by atoms with van der Waals surface area (Å²) in [7, 11) is -7.43. The molecule has 2 fully saturated rings. The third-order valence-electron chi connectivity index (χ3n) is 7.31. The predicted molar refractivity (Wildman–Crippen MR) is 134 cm³/mol. The summed E-state index contributed by atoms with van der Waals surface area (Å²) < 4.78 is 57.1. The SMILES string of the molecule is C[C@@H]1CCCN(S(=O)(=O)c2ccc(S(=O)(=O)N(Cc3ccccc3)[C@@H]3CCCC[C@@H]3C)cc2)C1. The van der Waals surface area contributed by atoms with Gasteiger partial charge in [0.25, 0.3) is 0 Å². The van der Waals surface area contributed by atoms with Crippen molar-refractivity contribution in [3.63, 3.8) is 0 Å². The van der Waals surface area contributed by atoms with Gasteiger partial charge in [0, 0.05) is 25.7 Å². The third kappa shape index (κ3) is 5.40. The molecular formula is C26H36N2O4S2. The summed E-state index contributed by atoms with van der Waals surface area (Å²) in [6.07, 6.45) is 5.87. The second-order valence-corrected chi connectivity index (χ2v) is 13.8. The predicted octanol–water partition coefficient (Wildman–Crippen LogP) is 4.88. The molecule has 34 heavy (non-hydrogen) atoms. The van der Waals surface area contributed by atoms with E-state index in [0.717, 1.165) is 44.1 Å². The lowest BCUT2D eigenvalue weighted by Crippen LogP contribution is -2.44. The molecule has 0 bridgehead atoms. The van der Waals surface area contributed by atoms with E-state index in [0.29, 0.717) is 25.6 Å².